The molecule has 144 valence electrons. The molecule has 0 amide bonds. The minimum atomic E-state index is -0.890. The predicted octanol–water partition coefficient (Wildman–Crippen LogP) is 3.47. The monoisotopic (exact) mass is 388 g/mol. The van der Waals surface area contributed by atoms with Gasteiger partial charge in [0, 0.05) is 0 Å². The number of ketones is 2. The molecule has 0 spiro atoms. The molecular formula is C23H16O6. The lowest BCUT2D eigenvalue weighted by Crippen LogP contribution is -2.24. The Morgan fingerprint density at radius 1 is 0.759 bits per heavy atom. The first-order valence-corrected chi connectivity index (χ1v) is 8.81. The first-order valence-electron chi connectivity index (χ1n) is 8.81. The van der Waals surface area contributed by atoms with Gasteiger partial charge in [-0.2, -0.15) is 0 Å². The summed E-state index contributed by atoms with van der Waals surface area (Å²) in [6.45, 7) is 0. The van der Waals surface area contributed by atoms with Crippen LogP contribution in [0.3, 0.4) is 0 Å². The quantitative estimate of drug-likeness (QED) is 0.403. The second-order valence-corrected chi connectivity index (χ2v) is 6.73. The molecule has 1 aliphatic carbocycles. The van der Waals surface area contributed by atoms with Crippen LogP contribution in [0.25, 0.3) is 6.08 Å². The minimum absolute atomic E-state index is 0.00414. The van der Waals surface area contributed by atoms with Crippen LogP contribution in [-0.4, -0.2) is 32.0 Å². The highest BCUT2D eigenvalue weighted by atomic mass is 16.3. The van der Waals surface area contributed by atoms with Gasteiger partial charge in [0.25, 0.3) is 0 Å². The molecule has 6 heteroatoms. The molecule has 3 aromatic rings. The van der Waals surface area contributed by atoms with E-state index < -0.39 is 11.7 Å². The molecular weight excluding hydrogens is 372 g/mol. The largest absolute Gasteiger partial charge is 0.507 e. The summed E-state index contributed by atoms with van der Waals surface area (Å²) in [5, 5.41) is 39.5. The number of benzene rings is 3. The molecule has 0 saturated carbocycles. The van der Waals surface area contributed by atoms with Crippen molar-refractivity contribution in [3.05, 3.63) is 88.5 Å². The third-order valence-electron chi connectivity index (χ3n) is 4.95. The predicted molar refractivity (Wildman–Crippen MR) is 105 cm³/mol. The summed E-state index contributed by atoms with van der Waals surface area (Å²) in [5.74, 6) is -2.90. The van der Waals surface area contributed by atoms with Gasteiger partial charge in [0.15, 0.2) is 17.3 Å². The molecule has 0 radical (unpaired) electrons. The zero-order valence-electron chi connectivity index (χ0n) is 15.0. The van der Waals surface area contributed by atoms with Gasteiger partial charge in [-0.1, -0.05) is 36.4 Å². The second-order valence-electron chi connectivity index (χ2n) is 6.73. The lowest BCUT2D eigenvalue weighted by atomic mass is 9.74. The highest BCUT2D eigenvalue weighted by molar-refractivity contribution is 6.19. The number of hydrogen-bond acceptors (Lipinski definition) is 6. The minimum Gasteiger partial charge on any atom is -0.507 e. The maximum atomic E-state index is 13.1. The number of allylic oxidation sites excluding steroid dienone is 1. The van der Waals surface area contributed by atoms with Gasteiger partial charge in [0.05, 0.1) is 17.0 Å². The molecule has 0 bridgehead atoms. The van der Waals surface area contributed by atoms with Crippen LogP contribution >= 0.6 is 0 Å². The Bertz CT molecular complexity index is 1140. The molecule has 0 fully saturated rings. The SMILES string of the molecule is O=C1c2c(O)cccc2C(C(=O)/C=C/c2ccc(O)c(O)c2)c2cccc(O)c21. The molecule has 4 N–H and O–H groups in total. The van der Waals surface area contributed by atoms with Crippen LogP contribution in [0.1, 0.15) is 38.5 Å². The molecule has 0 aliphatic heterocycles. The smallest absolute Gasteiger partial charge is 0.201 e. The van der Waals surface area contributed by atoms with Crippen molar-refractivity contribution < 1.29 is 30.0 Å². The lowest BCUT2D eigenvalue weighted by molar-refractivity contribution is -0.115. The zero-order chi connectivity index (χ0) is 20.7. The Labute approximate surface area is 165 Å². The molecule has 29 heavy (non-hydrogen) atoms. The van der Waals surface area contributed by atoms with Crippen LogP contribution in [0, 0.1) is 0 Å². The topological polar surface area (TPSA) is 115 Å². The van der Waals surface area contributed by atoms with Crippen molar-refractivity contribution in [3.8, 4) is 23.0 Å². The van der Waals surface area contributed by atoms with E-state index >= 15 is 0 Å². The van der Waals surface area contributed by atoms with Crippen molar-refractivity contribution in [1.29, 1.82) is 0 Å². The van der Waals surface area contributed by atoms with Crippen LogP contribution in [0.4, 0.5) is 0 Å². The van der Waals surface area contributed by atoms with Gasteiger partial charge in [-0.05, 0) is 47.0 Å². The number of phenolic OH excluding ortho intramolecular Hbond substituents is 4. The van der Waals surface area contributed by atoms with E-state index in [0.717, 1.165) is 0 Å². The molecule has 1 aliphatic rings. The standard InChI is InChI=1S/C23H16O6/c24-15-9-7-12(11-19(15)28)8-10-18(27)20-13-3-1-5-16(25)21(13)23(29)22-14(20)4-2-6-17(22)26/h1-11,20,24-26,28H/b10-8+. The fourth-order valence-corrected chi connectivity index (χ4v) is 3.61. The first kappa shape index (κ1) is 18.3. The van der Waals surface area contributed by atoms with Crippen LogP contribution in [-0.2, 0) is 4.79 Å². The van der Waals surface area contributed by atoms with Crippen molar-refractivity contribution in [3.63, 3.8) is 0 Å². The summed E-state index contributed by atoms with van der Waals surface area (Å²) in [4.78, 5) is 26.0. The van der Waals surface area contributed by atoms with Crippen molar-refractivity contribution in [2.45, 2.75) is 5.92 Å². The Morgan fingerprint density at radius 3 is 1.90 bits per heavy atom. The number of fused-ring (bicyclic) bond motifs is 2. The van der Waals surface area contributed by atoms with Crippen molar-refractivity contribution >= 4 is 17.6 Å². The van der Waals surface area contributed by atoms with E-state index in [1.807, 2.05) is 0 Å². The van der Waals surface area contributed by atoms with Crippen molar-refractivity contribution in [1.82, 2.24) is 0 Å². The number of hydrogen-bond donors (Lipinski definition) is 4. The number of carbonyl (C=O) groups is 2. The zero-order valence-corrected chi connectivity index (χ0v) is 15.0. The molecule has 0 atom stereocenters. The third-order valence-corrected chi connectivity index (χ3v) is 4.95. The van der Waals surface area contributed by atoms with Gasteiger partial charge in [0.2, 0.25) is 5.78 Å². The number of phenols is 4. The first-order chi connectivity index (χ1) is 13.9. The maximum Gasteiger partial charge on any atom is 0.201 e. The van der Waals surface area contributed by atoms with Crippen LogP contribution in [0.15, 0.2) is 60.7 Å². The van der Waals surface area contributed by atoms with E-state index in [9.17, 15) is 30.0 Å². The molecule has 0 saturated heterocycles. The van der Waals surface area contributed by atoms with Crippen molar-refractivity contribution in [2.75, 3.05) is 0 Å². The van der Waals surface area contributed by atoms with Gasteiger partial charge >= 0.3 is 0 Å². The van der Waals surface area contributed by atoms with E-state index in [-0.39, 0.29) is 39.9 Å². The summed E-state index contributed by atoms with van der Waals surface area (Å²) in [6.07, 6.45) is 2.77. The van der Waals surface area contributed by atoms with Crippen LogP contribution in [0.5, 0.6) is 23.0 Å². The normalized spacial score (nSPS) is 13.3. The van der Waals surface area contributed by atoms with Gasteiger partial charge < -0.3 is 20.4 Å². The van der Waals surface area contributed by atoms with Crippen LogP contribution in [0.2, 0.25) is 0 Å². The lowest BCUT2D eigenvalue weighted by Gasteiger charge is -2.26. The summed E-state index contributed by atoms with van der Waals surface area (Å²) in [5.41, 5.74) is 1.20. The number of aromatic hydroxyl groups is 4. The van der Waals surface area contributed by atoms with Gasteiger partial charge in [-0.3, -0.25) is 9.59 Å². The van der Waals surface area contributed by atoms with Gasteiger partial charge in [-0.25, -0.2) is 0 Å². The van der Waals surface area contributed by atoms with E-state index in [2.05, 4.69) is 0 Å². The highest BCUT2D eigenvalue weighted by Crippen LogP contribution is 2.43. The molecule has 0 heterocycles. The fourth-order valence-electron chi connectivity index (χ4n) is 3.61. The summed E-state index contributed by atoms with van der Waals surface area (Å²) < 4.78 is 0. The van der Waals surface area contributed by atoms with Crippen LogP contribution < -0.4 is 0 Å². The summed E-state index contributed by atoms with van der Waals surface area (Å²) in [6, 6.07) is 13.2. The van der Waals surface area contributed by atoms with Crippen molar-refractivity contribution in [2.24, 2.45) is 0 Å². The fraction of sp³-hybridized carbons (Fsp3) is 0.0435. The Hall–Kier alpha value is -4.06. The van der Waals surface area contributed by atoms with E-state index in [0.29, 0.717) is 16.7 Å². The van der Waals surface area contributed by atoms with Gasteiger partial charge in [0.1, 0.15) is 11.5 Å². The average Bonchev–Trinajstić information content (AvgIpc) is 2.69. The number of carbonyl (C=O) groups excluding carboxylic acids is 2. The molecule has 6 nitrogen and oxygen atoms in total. The maximum absolute atomic E-state index is 13.1. The average molecular weight is 388 g/mol. The molecule has 0 unspecified atom stereocenters. The Morgan fingerprint density at radius 2 is 1.34 bits per heavy atom. The summed E-state index contributed by atoms with van der Waals surface area (Å²) >= 11 is 0. The second kappa shape index (κ2) is 6.83. The van der Waals surface area contributed by atoms with E-state index in [1.165, 1.54) is 42.5 Å². The Kier molecular flexibility index (Phi) is 4.31. The van der Waals surface area contributed by atoms with E-state index in [1.54, 1.807) is 24.3 Å². The number of rotatable bonds is 3. The third kappa shape index (κ3) is 3.00. The Balaban J connectivity index is 1.82. The van der Waals surface area contributed by atoms with E-state index in [4.69, 9.17) is 0 Å². The molecule has 0 aromatic heterocycles. The molecule has 4 rings (SSSR count). The molecule has 3 aromatic carbocycles. The highest BCUT2D eigenvalue weighted by Gasteiger charge is 2.37. The van der Waals surface area contributed by atoms with Gasteiger partial charge in [-0.15, -0.1) is 0 Å². The summed E-state index contributed by atoms with van der Waals surface area (Å²) in [7, 11) is 0.